The number of methoxy groups -OCH3 is 1. The van der Waals surface area contributed by atoms with Crippen LogP contribution in [0.4, 0.5) is 16.2 Å². The van der Waals surface area contributed by atoms with Crippen molar-refractivity contribution in [2.24, 2.45) is 0 Å². The summed E-state index contributed by atoms with van der Waals surface area (Å²) in [7, 11) is -3.32. The van der Waals surface area contributed by atoms with Gasteiger partial charge in [0.05, 0.1) is 36.6 Å². The number of aromatic nitrogens is 1. The summed E-state index contributed by atoms with van der Waals surface area (Å²) in [4.78, 5) is 36.5. The van der Waals surface area contributed by atoms with Gasteiger partial charge in [-0.15, -0.1) is 0 Å². The van der Waals surface area contributed by atoms with Crippen molar-refractivity contribution in [3.05, 3.63) is 108 Å². The van der Waals surface area contributed by atoms with Gasteiger partial charge in [-0.2, -0.15) is 9.57 Å². The first-order valence-corrected chi connectivity index (χ1v) is 16.3. The molecule has 0 radical (unpaired) electrons. The number of nitriles is 1. The summed E-state index contributed by atoms with van der Waals surface area (Å²) in [5.74, 6) is -0.834. The molecule has 6 rings (SSSR count). The van der Waals surface area contributed by atoms with Crippen molar-refractivity contribution in [1.29, 1.82) is 5.26 Å². The lowest BCUT2D eigenvalue weighted by molar-refractivity contribution is -0.132. The molecular formula is C34H31N5O7S. The second-order valence-corrected chi connectivity index (χ2v) is 12.5. The number of hydrogen-bond acceptors (Lipinski definition) is 10. The van der Waals surface area contributed by atoms with E-state index in [-0.39, 0.29) is 58.5 Å². The molecule has 1 unspecified atom stereocenters. The van der Waals surface area contributed by atoms with Crippen molar-refractivity contribution in [2.75, 3.05) is 49.1 Å². The van der Waals surface area contributed by atoms with E-state index in [2.05, 4.69) is 9.88 Å². The Labute approximate surface area is 272 Å². The third-order valence-electron chi connectivity index (χ3n) is 8.17. The molecule has 3 heterocycles. The average Bonchev–Trinajstić information content (AvgIpc) is 3.36. The number of hydrogen-bond donors (Lipinski definition) is 0. The summed E-state index contributed by atoms with van der Waals surface area (Å²) in [6.07, 6.45) is 2.56. The Morgan fingerprint density at radius 3 is 2.30 bits per heavy atom. The highest BCUT2D eigenvalue weighted by Gasteiger charge is 2.61. The predicted molar refractivity (Wildman–Crippen MR) is 172 cm³/mol. The molecule has 2 amide bonds. The van der Waals surface area contributed by atoms with Crippen LogP contribution in [0.15, 0.2) is 96.2 Å². The largest absolute Gasteiger partial charge is 0.495 e. The number of nitrogens with zero attached hydrogens (tertiary/aromatic N) is 5. The van der Waals surface area contributed by atoms with Crippen molar-refractivity contribution in [1.82, 2.24) is 9.88 Å². The van der Waals surface area contributed by atoms with Gasteiger partial charge >= 0.3 is 6.09 Å². The highest BCUT2D eigenvalue weighted by molar-refractivity contribution is 7.93. The minimum absolute atomic E-state index is 0.0101. The summed E-state index contributed by atoms with van der Waals surface area (Å²) in [5.41, 5.74) is -1.19. The zero-order chi connectivity index (χ0) is 33.2. The van der Waals surface area contributed by atoms with Crippen LogP contribution in [0.5, 0.6) is 11.5 Å². The summed E-state index contributed by atoms with van der Waals surface area (Å²) in [6, 6.07) is 22.4. The van der Waals surface area contributed by atoms with Crippen LogP contribution in [0.25, 0.3) is 0 Å². The Kier molecular flexibility index (Phi) is 8.44. The third-order valence-corrected chi connectivity index (χ3v) is 9.91. The third kappa shape index (κ3) is 5.36. The lowest BCUT2D eigenvalue weighted by Gasteiger charge is -2.38. The average molecular weight is 654 g/mol. The fourth-order valence-electron chi connectivity index (χ4n) is 5.95. The summed E-state index contributed by atoms with van der Waals surface area (Å²) < 4.78 is 47.0. The monoisotopic (exact) mass is 653 g/mol. The number of piperazine rings is 1. The highest BCUT2D eigenvalue weighted by atomic mass is 32.2. The number of amides is 2. The van der Waals surface area contributed by atoms with Gasteiger partial charge in [0.1, 0.15) is 16.4 Å². The van der Waals surface area contributed by atoms with E-state index in [9.17, 15) is 23.3 Å². The first-order chi connectivity index (χ1) is 22.8. The molecule has 0 bridgehead atoms. The molecule has 0 saturated carbocycles. The van der Waals surface area contributed by atoms with Crippen LogP contribution in [-0.4, -0.2) is 70.2 Å². The predicted octanol–water partition coefficient (Wildman–Crippen LogP) is 4.30. The van der Waals surface area contributed by atoms with Crippen molar-refractivity contribution in [3.8, 4) is 17.6 Å². The zero-order valence-corrected chi connectivity index (χ0v) is 26.5. The number of carbonyl (C=O) groups is 2. The lowest BCUT2D eigenvalue weighted by atomic mass is 9.85. The van der Waals surface area contributed by atoms with Crippen LogP contribution >= 0.6 is 0 Å². The van der Waals surface area contributed by atoms with E-state index in [0.717, 1.165) is 5.69 Å². The van der Waals surface area contributed by atoms with Crippen molar-refractivity contribution >= 4 is 33.4 Å². The van der Waals surface area contributed by atoms with Crippen molar-refractivity contribution < 1.29 is 32.2 Å². The van der Waals surface area contributed by atoms with E-state index in [4.69, 9.17) is 14.2 Å². The number of fused-ring (bicyclic) bond motifs is 1. The normalized spacial score (nSPS) is 17.6. The Morgan fingerprint density at radius 1 is 0.936 bits per heavy atom. The zero-order valence-electron chi connectivity index (χ0n) is 25.7. The van der Waals surface area contributed by atoms with Crippen LogP contribution in [0, 0.1) is 11.3 Å². The van der Waals surface area contributed by atoms with Gasteiger partial charge in [0, 0.05) is 49.8 Å². The topological polar surface area (TPSA) is 142 Å². The Balaban J connectivity index is 1.49. The smallest absolute Gasteiger partial charge is 0.411 e. The minimum Gasteiger partial charge on any atom is -0.495 e. The molecule has 2 aliphatic heterocycles. The van der Waals surface area contributed by atoms with Crippen LogP contribution in [0.3, 0.4) is 0 Å². The van der Waals surface area contributed by atoms with Crippen LogP contribution in [0.1, 0.15) is 23.6 Å². The summed E-state index contributed by atoms with van der Waals surface area (Å²) in [6.45, 7) is 3.48. The van der Waals surface area contributed by atoms with Gasteiger partial charge in [-0.05, 0) is 55.5 Å². The molecule has 1 aromatic heterocycles. The number of carbonyl (C=O) groups excluding carboxylic acids is 2. The van der Waals surface area contributed by atoms with Gasteiger partial charge in [-0.1, -0.05) is 30.3 Å². The number of anilines is 2. The molecule has 12 nitrogen and oxygen atoms in total. The van der Waals surface area contributed by atoms with Gasteiger partial charge in [0.25, 0.3) is 15.9 Å². The summed E-state index contributed by atoms with van der Waals surface area (Å²) in [5, 5.41) is 9.86. The van der Waals surface area contributed by atoms with Gasteiger partial charge in [-0.25, -0.2) is 13.2 Å². The van der Waals surface area contributed by atoms with Gasteiger partial charge in [0.2, 0.25) is 5.60 Å². The molecule has 2 aliphatic rings. The standard InChI is InChI=1S/C34H31N5O7S/c1-3-45-29-9-5-4-8-26(29)34(46-33(41)38-20-18-37(19-21-38)25-14-16-36-17-15-25)27-22-24(23-35)12-13-28(27)39(32(34)40)47(42,43)31-11-7-6-10-30(31)44-2/h4-17,22H,3,18-21H2,1-2H3. The molecule has 13 heteroatoms. The van der Waals surface area contributed by atoms with Gasteiger partial charge < -0.3 is 24.0 Å². The molecule has 1 saturated heterocycles. The van der Waals surface area contributed by atoms with E-state index >= 15 is 0 Å². The van der Waals surface area contributed by atoms with Gasteiger partial charge in [0.15, 0.2) is 0 Å². The van der Waals surface area contributed by atoms with E-state index in [1.54, 1.807) is 49.6 Å². The molecule has 0 spiro atoms. The maximum absolute atomic E-state index is 15.0. The second-order valence-electron chi connectivity index (χ2n) is 10.7. The van der Waals surface area contributed by atoms with E-state index in [1.165, 1.54) is 48.4 Å². The number of benzene rings is 3. The minimum atomic E-state index is -4.65. The highest BCUT2D eigenvalue weighted by Crippen LogP contribution is 2.52. The fourth-order valence-corrected chi connectivity index (χ4v) is 7.57. The Bertz CT molecular complexity index is 1970. The molecule has 1 fully saturated rings. The molecule has 0 N–H and O–H groups in total. The molecule has 4 aromatic rings. The number of rotatable bonds is 8. The first-order valence-electron chi connectivity index (χ1n) is 14.9. The first kappa shape index (κ1) is 31.4. The van der Waals surface area contributed by atoms with Crippen molar-refractivity contribution in [2.45, 2.75) is 17.4 Å². The Hall–Kier alpha value is -5.61. The Morgan fingerprint density at radius 2 is 1.62 bits per heavy atom. The number of sulfonamides is 1. The van der Waals surface area contributed by atoms with E-state index in [1.807, 2.05) is 18.2 Å². The maximum Gasteiger partial charge on any atom is 0.411 e. The molecule has 3 aromatic carbocycles. The maximum atomic E-state index is 15.0. The summed E-state index contributed by atoms with van der Waals surface area (Å²) >= 11 is 0. The van der Waals surface area contributed by atoms with Crippen LogP contribution in [-0.2, 0) is 25.2 Å². The van der Waals surface area contributed by atoms with Crippen LogP contribution < -0.4 is 18.7 Å². The quantitative estimate of drug-likeness (QED) is 0.270. The van der Waals surface area contributed by atoms with Gasteiger partial charge in [-0.3, -0.25) is 9.78 Å². The van der Waals surface area contributed by atoms with Crippen molar-refractivity contribution in [3.63, 3.8) is 0 Å². The van der Waals surface area contributed by atoms with Crippen LogP contribution in [0.2, 0.25) is 0 Å². The second kappa shape index (κ2) is 12.6. The lowest BCUT2D eigenvalue weighted by Crippen LogP contribution is -2.53. The molecule has 0 aliphatic carbocycles. The number of para-hydroxylation sites is 2. The molecule has 1 atom stereocenters. The SMILES string of the molecule is CCOc1ccccc1C1(OC(=O)N2CCN(c3ccncc3)CC2)C(=O)N(S(=O)(=O)c2ccccc2OC)c2ccc(C#N)cc21. The fraction of sp³-hybridized carbons (Fsp3) is 0.235. The van der Waals surface area contributed by atoms with E-state index < -0.39 is 27.6 Å². The molecule has 240 valence electrons. The molecular weight excluding hydrogens is 622 g/mol. The molecule has 47 heavy (non-hydrogen) atoms. The number of pyridine rings is 1. The number of ether oxygens (including phenoxy) is 3. The van der Waals surface area contributed by atoms with E-state index in [0.29, 0.717) is 17.4 Å².